The Morgan fingerprint density at radius 3 is 2.80 bits per heavy atom. The fourth-order valence-electron chi connectivity index (χ4n) is 2.31. The minimum Gasteiger partial charge on any atom is -0.314 e. The van der Waals surface area contributed by atoms with E-state index in [0.717, 1.165) is 31.6 Å². The zero-order valence-electron chi connectivity index (χ0n) is 10.1. The van der Waals surface area contributed by atoms with Gasteiger partial charge < -0.3 is 5.32 Å². The summed E-state index contributed by atoms with van der Waals surface area (Å²) in [7, 11) is -0.571. The molecule has 0 aliphatic heterocycles. The molecule has 0 spiro atoms. The average molecular weight is 231 g/mol. The summed E-state index contributed by atoms with van der Waals surface area (Å²) in [6, 6.07) is 0.624. The highest BCUT2D eigenvalue weighted by Gasteiger charge is 2.25. The molecule has 0 bridgehead atoms. The summed E-state index contributed by atoms with van der Waals surface area (Å²) >= 11 is 0. The maximum Gasteiger partial charge on any atom is 0.0362 e. The van der Waals surface area contributed by atoms with E-state index in [1.54, 1.807) is 0 Å². The molecule has 0 heterocycles. The molecule has 0 radical (unpaired) electrons. The first-order valence-electron chi connectivity index (χ1n) is 6.38. The second-order valence-corrected chi connectivity index (χ2v) is 6.32. The lowest BCUT2D eigenvalue weighted by atomic mass is 9.95. The van der Waals surface area contributed by atoms with E-state index in [9.17, 15) is 4.21 Å². The molecule has 2 nitrogen and oxygen atoms in total. The Morgan fingerprint density at radius 1 is 1.33 bits per heavy atom. The molecule has 3 unspecified atom stereocenters. The van der Waals surface area contributed by atoms with Gasteiger partial charge in [0.25, 0.3) is 0 Å². The molecule has 0 aromatic rings. The Kier molecular flexibility index (Phi) is 6.50. The number of rotatable bonds is 6. The molecule has 15 heavy (non-hydrogen) atoms. The van der Waals surface area contributed by atoms with Crippen molar-refractivity contribution >= 4 is 10.8 Å². The molecule has 1 fully saturated rings. The molecular formula is C12H25NOS. The van der Waals surface area contributed by atoms with Gasteiger partial charge in [-0.1, -0.05) is 26.7 Å². The molecule has 0 aromatic heterocycles. The van der Waals surface area contributed by atoms with Crippen LogP contribution < -0.4 is 5.32 Å². The van der Waals surface area contributed by atoms with Crippen LogP contribution in [0.1, 0.15) is 52.4 Å². The van der Waals surface area contributed by atoms with Crippen molar-refractivity contribution in [3.05, 3.63) is 0 Å². The fraction of sp³-hybridized carbons (Fsp3) is 1.00. The van der Waals surface area contributed by atoms with Crippen LogP contribution in [0, 0.1) is 0 Å². The molecule has 1 N–H and O–H groups in total. The van der Waals surface area contributed by atoms with Crippen LogP contribution in [-0.4, -0.2) is 27.8 Å². The average Bonchev–Trinajstić information content (AvgIpc) is 2.27. The van der Waals surface area contributed by atoms with E-state index in [1.165, 1.54) is 19.3 Å². The highest BCUT2D eigenvalue weighted by molar-refractivity contribution is 7.85. The van der Waals surface area contributed by atoms with Gasteiger partial charge in [-0.15, -0.1) is 0 Å². The van der Waals surface area contributed by atoms with E-state index in [0.29, 0.717) is 11.3 Å². The van der Waals surface area contributed by atoms with Crippen LogP contribution in [0.4, 0.5) is 0 Å². The Bertz CT molecular complexity index is 194. The van der Waals surface area contributed by atoms with Gasteiger partial charge in [-0.05, 0) is 32.2 Å². The van der Waals surface area contributed by atoms with Crippen LogP contribution in [0.5, 0.6) is 0 Å². The normalized spacial score (nSPS) is 28.9. The minimum absolute atomic E-state index is 0.467. The van der Waals surface area contributed by atoms with Crippen molar-refractivity contribution in [1.82, 2.24) is 5.32 Å². The van der Waals surface area contributed by atoms with Crippen molar-refractivity contribution in [2.45, 2.75) is 63.7 Å². The maximum atomic E-state index is 12.0. The fourth-order valence-corrected chi connectivity index (χ4v) is 4.09. The second kappa shape index (κ2) is 7.39. The first kappa shape index (κ1) is 13.2. The Labute approximate surface area is 96.7 Å². The summed E-state index contributed by atoms with van der Waals surface area (Å²) in [5, 5.41) is 3.96. The quantitative estimate of drug-likeness (QED) is 0.761. The topological polar surface area (TPSA) is 29.1 Å². The third-order valence-corrected chi connectivity index (χ3v) is 5.05. The molecular weight excluding hydrogens is 206 g/mol. The summed E-state index contributed by atoms with van der Waals surface area (Å²) in [6.07, 6.45) is 7.11. The summed E-state index contributed by atoms with van der Waals surface area (Å²) in [5.74, 6) is 0.917. The molecule has 1 aliphatic carbocycles. The third kappa shape index (κ3) is 4.64. The minimum atomic E-state index is -0.571. The van der Waals surface area contributed by atoms with E-state index in [4.69, 9.17) is 0 Å². The lowest BCUT2D eigenvalue weighted by molar-refractivity contribution is 0.383. The number of nitrogens with one attached hydrogen (secondary N) is 1. The predicted molar refractivity (Wildman–Crippen MR) is 67.6 cm³/mol. The van der Waals surface area contributed by atoms with Crippen LogP contribution in [0.15, 0.2) is 0 Å². The van der Waals surface area contributed by atoms with Crippen LogP contribution in [0.2, 0.25) is 0 Å². The highest BCUT2D eigenvalue weighted by Crippen LogP contribution is 2.23. The van der Waals surface area contributed by atoms with Crippen molar-refractivity contribution in [3.63, 3.8) is 0 Å². The zero-order chi connectivity index (χ0) is 11.1. The highest BCUT2D eigenvalue weighted by atomic mass is 32.2. The number of unbranched alkanes of at least 4 members (excludes halogenated alkanes) is 1. The lowest BCUT2D eigenvalue weighted by Crippen LogP contribution is -2.37. The van der Waals surface area contributed by atoms with Crippen LogP contribution in [-0.2, 0) is 10.8 Å². The molecule has 1 aliphatic rings. The largest absolute Gasteiger partial charge is 0.314 e. The van der Waals surface area contributed by atoms with Crippen LogP contribution >= 0.6 is 0 Å². The SMILES string of the molecule is CCCCS(=O)C1CCCC(NCC)C1. The van der Waals surface area contributed by atoms with E-state index in [2.05, 4.69) is 19.2 Å². The molecule has 1 rings (SSSR count). The molecule has 1 saturated carbocycles. The second-order valence-electron chi connectivity index (χ2n) is 4.48. The Balaban J connectivity index is 2.31. The van der Waals surface area contributed by atoms with Gasteiger partial charge in [0.1, 0.15) is 0 Å². The molecule has 0 amide bonds. The van der Waals surface area contributed by atoms with Crippen molar-refractivity contribution in [2.75, 3.05) is 12.3 Å². The summed E-state index contributed by atoms with van der Waals surface area (Å²) in [4.78, 5) is 0. The summed E-state index contributed by atoms with van der Waals surface area (Å²) in [5.41, 5.74) is 0. The van der Waals surface area contributed by atoms with Crippen molar-refractivity contribution in [1.29, 1.82) is 0 Å². The van der Waals surface area contributed by atoms with E-state index in [1.807, 2.05) is 0 Å². The summed E-state index contributed by atoms with van der Waals surface area (Å²) < 4.78 is 12.0. The van der Waals surface area contributed by atoms with Crippen molar-refractivity contribution < 1.29 is 4.21 Å². The monoisotopic (exact) mass is 231 g/mol. The first-order chi connectivity index (χ1) is 7.27. The van der Waals surface area contributed by atoms with Crippen molar-refractivity contribution in [2.24, 2.45) is 0 Å². The Morgan fingerprint density at radius 2 is 2.13 bits per heavy atom. The summed E-state index contributed by atoms with van der Waals surface area (Å²) in [6.45, 7) is 5.36. The molecule has 0 saturated heterocycles. The maximum absolute atomic E-state index is 12.0. The van der Waals surface area contributed by atoms with Gasteiger partial charge in [-0.3, -0.25) is 4.21 Å². The lowest BCUT2D eigenvalue weighted by Gasteiger charge is -2.29. The van der Waals surface area contributed by atoms with Crippen molar-refractivity contribution in [3.8, 4) is 0 Å². The van der Waals surface area contributed by atoms with E-state index >= 15 is 0 Å². The van der Waals surface area contributed by atoms with Gasteiger partial charge in [0, 0.05) is 27.8 Å². The molecule has 3 atom stereocenters. The Hall–Kier alpha value is 0.110. The van der Waals surface area contributed by atoms with Gasteiger partial charge in [0.05, 0.1) is 0 Å². The number of hydrogen-bond acceptors (Lipinski definition) is 2. The van der Waals surface area contributed by atoms with Crippen LogP contribution in [0.25, 0.3) is 0 Å². The number of hydrogen-bond donors (Lipinski definition) is 1. The first-order valence-corrected chi connectivity index (χ1v) is 7.76. The predicted octanol–water partition coefficient (Wildman–Crippen LogP) is 2.46. The van der Waals surface area contributed by atoms with Crippen LogP contribution in [0.3, 0.4) is 0 Å². The van der Waals surface area contributed by atoms with E-state index in [-0.39, 0.29) is 0 Å². The standard InChI is InChI=1S/C12H25NOS/c1-3-5-9-15(14)12-8-6-7-11(10-12)13-4-2/h11-13H,3-10H2,1-2H3. The third-order valence-electron chi connectivity index (χ3n) is 3.19. The van der Waals surface area contributed by atoms with Gasteiger partial charge in [-0.25, -0.2) is 0 Å². The smallest absolute Gasteiger partial charge is 0.0362 e. The molecule has 90 valence electrons. The van der Waals surface area contributed by atoms with Gasteiger partial charge in [0.15, 0.2) is 0 Å². The zero-order valence-corrected chi connectivity index (χ0v) is 10.9. The molecule has 3 heteroatoms. The molecule has 0 aromatic carbocycles. The van der Waals surface area contributed by atoms with Gasteiger partial charge >= 0.3 is 0 Å². The van der Waals surface area contributed by atoms with Gasteiger partial charge in [0.2, 0.25) is 0 Å². The van der Waals surface area contributed by atoms with E-state index < -0.39 is 10.8 Å². The van der Waals surface area contributed by atoms with Gasteiger partial charge in [-0.2, -0.15) is 0 Å².